The van der Waals surface area contributed by atoms with Crippen molar-refractivity contribution in [2.24, 2.45) is 9.98 Å². The molecule has 0 saturated carbocycles. The summed E-state index contributed by atoms with van der Waals surface area (Å²) in [5.41, 5.74) is 2.01. The number of pyridine rings is 1. The molecule has 19 heavy (non-hydrogen) atoms. The molecule has 1 heterocycles. The number of aromatic nitrogens is 1. The van der Waals surface area contributed by atoms with Gasteiger partial charge in [-0.05, 0) is 25.9 Å². The fraction of sp³-hybridized carbons (Fsp3) is 0.133. The van der Waals surface area contributed by atoms with Gasteiger partial charge in [0, 0.05) is 6.20 Å². The summed E-state index contributed by atoms with van der Waals surface area (Å²) in [7, 11) is 3.06. The number of nitrogens with zero attached hydrogens (tertiary/aromatic N) is 3. The Kier molecular flexibility index (Phi) is 14.9. The quantitative estimate of drug-likeness (QED) is 0.506. The molecule has 100 valence electrons. The van der Waals surface area contributed by atoms with Crippen molar-refractivity contribution in [1.29, 1.82) is 0 Å². The third kappa shape index (κ3) is 10.0. The third-order valence-corrected chi connectivity index (χ3v) is 1.65. The predicted octanol–water partition coefficient (Wildman–Crippen LogP) is 2.93. The van der Waals surface area contributed by atoms with Gasteiger partial charge in [0.15, 0.2) is 0 Å². The molecule has 0 fully saturated rings. The molecule has 0 unspecified atom stereocenters. The van der Waals surface area contributed by atoms with Crippen LogP contribution in [-0.2, 0) is 20.1 Å². The van der Waals surface area contributed by atoms with Crippen LogP contribution in [0.1, 0.15) is 0 Å². The standard InChI is InChI=1S/C11H8N.2C2H4N.Ir/c1-2-6-10(7-3-1)11-8-4-5-9-12-11;2*1-3-2;/h1-6,8-9H;2*1H,2H3;/q3*-1;+3. The topological polar surface area (TPSA) is 37.6 Å². The molecule has 0 atom stereocenters. The minimum atomic E-state index is 0. The van der Waals surface area contributed by atoms with Crippen LogP contribution >= 0.6 is 0 Å². The maximum atomic E-state index is 4.47. The molecule has 0 N–H and O–H groups in total. The third-order valence-electron chi connectivity index (χ3n) is 1.65. The largest absolute Gasteiger partial charge is 3.00 e. The van der Waals surface area contributed by atoms with Crippen molar-refractivity contribution in [2.75, 3.05) is 14.1 Å². The molecule has 0 spiro atoms. The van der Waals surface area contributed by atoms with E-state index < -0.39 is 0 Å². The van der Waals surface area contributed by atoms with Crippen molar-refractivity contribution in [3.63, 3.8) is 0 Å². The fourth-order valence-electron chi connectivity index (χ4n) is 1.07. The number of aliphatic imine (C=N–C) groups is 2. The van der Waals surface area contributed by atoms with Crippen LogP contribution in [0.5, 0.6) is 0 Å². The Bertz CT molecular complexity index is 386. The van der Waals surface area contributed by atoms with Crippen molar-refractivity contribution >= 4 is 13.4 Å². The first-order valence-electron chi connectivity index (χ1n) is 5.26. The van der Waals surface area contributed by atoms with Crippen LogP contribution in [0.2, 0.25) is 0 Å². The molecular weight excluding hydrogens is 414 g/mol. The van der Waals surface area contributed by atoms with Crippen LogP contribution in [0.15, 0.2) is 58.6 Å². The molecule has 0 aliphatic heterocycles. The SMILES string of the molecule is [CH-]=NC.[CH-]=NC.[Ir+3].[c-]1ccccc1-c1ccccn1. The molecule has 3 nitrogen and oxygen atoms in total. The van der Waals surface area contributed by atoms with E-state index in [4.69, 9.17) is 0 Å². The van der Waals surface area contributed by atoms with Crippen molar-refractivity contribution in [2.45, 2.75) is 0 Å². The number of hydrogen-bond acceptors (Lipinski definition) is 3. The molecule has 0 radical (unpaired) electrons. The van der Waals surface area contributed by atoms with E-state index in [9.17, 15) is 0 Å². The second-order valence-electron chi connectivity index (χ2n) is 3.01. The monoisotopic (exact) mass is 431 g/mol. The minimum absolute atomic E-state index is 0. The molecule has 4 heteroatoms. The van der Waals surface area contributed by atoms with E-state index in [0.717, 1.165) is 11.3 Å². The zero-order valence-corrected chi connectivity index (χ0v) is 13.3. The summed E-state index contributed by atoms with van der Waals surface area (Å²) in [6, 6.07) is 16.8. The number of rotatable bonds is 1. The van der Waals surface area contributed by atoms with E-state index in [1.807, 2.05) is 42.5 Å². The average molecular weight is 431 g/mol. The van der Waals surface area contributed by atoms with E-state index >= 15 is 0 Å². The Morgan fingerprint density at radius 2 is 1.58 bits per heavy atom. The van der Waals surface area contributed by atoms with E-state index in [2.05, 4.69) is 34.5 Å². The summed E-state index contributed by atoms with van der Waals surface area (Å²) in [6.45, 7) is 8.94. The van der Waals surface area contributed by atoms with Gasteiger partial charge in [-0.15, -0.1) is 35.9 Å². The Balaban J connectivity index is 0. The molecule has 0 saturated heterocycles. The molecular formula is C15H16IrN3. The zero-order valence-electron chi connectivity index (χ0n) is 10.9. The van der Waals surface area contributed by atoms with Crippen LogP contribution in [0.4, 0.5) is 0 Å². The predicted molar refractivity (Wildman–Crippen MR) is 77.3 cm³/mol. The smallest absolute Gasteiger partial charge is 0.509 e. The second-order valence-corrected chi connectivity index (χ2v) is 3.01. The van der Waals surface area contributed by atoms with Gasteiger partial charge in [0.2, 0.25) is 0 Å². The van der Waals surface area contributed by atoms with Gasteiger partial charge in [0.1, 0.15) is 0 Å². The van der Waals surface area contributed by atoms with E-state index in [-0.39, 0.29) is 20.1 Å². The molecule has 0 aliphatic rings. The molecule has 0 bridgehead atoms. The van der Waals surface area contributed by atoms with Gasteiger partial charge in [0.05, 0.1) is 0 Å². The molecule has 1 aromatic heterocycles. The molecule has 2 rings (SSSR count). The summed E-state index contributed by atoms with van der Waals surface area (Å²) in [5.74, 6) is 0. The van der Waals surface area contributed by atoms with Gasteiger partial charge in [-0.25, -0.2) is 0 Å². The van der Waals surface area contributed by atoms with Crippen molar-refractivity contribution < 1.29 is 20.1 Å². The molecule has 0 aliphatic carbocycles. The Morgan fingerprint density at radius 1 is 1.00 bits per heavy atom. The first-order chi connectivity index (χ1) is 8.79. The summed E-state index contributed by atoms with van der Waals surface area (Å²) < 4.78 is 0. The summed E-state index contributed by atoms with van der Waals surface area (Å²) in [6.07, 6.45) is 1.79. The van der Waals surface area contributed by atoms with Crippen LogP contribution in [0.25, 0.3) is 11.3 Å². The van der Waals surface area contributed by atoms with Gasteiger partial charge in [-0.3, -0.25) is 0 Å². The summed E-state index contributed by atoms with van der Waals surface area (Å²) in [5, 5.41) is 0. The van der Waals surface area contributed by atoms with E-state index in [1.165, 1.54) is 14.1 Å². The van der Waals surface area contributed by atoms with Crippen molar-refractivity contribution in [1.82, 2.24) is 4.98 Å². The van der Waals surface area contributed by atoms with E-state index in [1.54, 1.807) is 6.20 Å². The molecule has 2 aromatic rings. The maximum absolute atomic E-state index is 4.47. The average Bonchev–Trinajstić information content (AvgIpc) is 2.43. The Labute approximate surface area is 128 Å². The van der Waals surface area contributed by atoms with Gasteiger partial charge >= 0.3 is 20.1 Å². The van der Waals surface area contributed by atoms with Gasteiger partial charge in [-0.1, -0.05) is 12.1 Å². The Hall–Kier alpha value is -1.64. The van der Waals surface area contributed by atoms with Crippen LogP contribution in [-0.4, -0.2) is 32.5 Å². The number of hydrogen-bond donors (Lipinski definition) is 0. The zero-order chi connectivity index (χ0) is 13.6. The first kappa shape index (κ1) is 19.7. The molecule has 1 aromatic carbocycles. The normalized spacial score (nSPS) is 7.47. The fourth-order valence-corrected chi connectivity index (χ4v) is 1.07. The Morgan fingerprint density at radius 3 is 2.00 bits per heavy atom. The van der Waals surface area contributed by atoms with E-state index in [0.29, 0.717) is 0 Å². The van der Waals surface area contributed by atoms with Gasteiger partial charge in [-0.2, -0.15) is 0 Å². The van der Waals surface area contributed by atoms with Gasteiger partial charge in [0.25, 0.3) is 0 Å². The molecule has 0 amide bonds. The van der Waals surface area contributed by atoms with Crippen LogP contribution in [0.3, 0.4) is 0 Å². The summed E-state index contributed by atoms with van der Waals surface area (Å²) >= 11 is 0. The first-order valence-corrected chi connectivity index (χ1v) is 5.26. The summed E-state index contributed by atoms with van der Waals surface area (Å²) in [4.78, 5) is 10.2. The van der Waals surface area contributed by atoms with Crippen LogP contribution in [0, 0.1) is 6.07 Å². The number of benzene rings is 1. The van der Waals surface area contributed by atoms with Crippen molar-refractivity contribution in [3.05, 3.63) is 54.7 Å². The maximum Gasteiger partial charge on any atom is 3.00 e. The van der Waals surface area contributed by atoms with Crippen molar-refractivity contribution in [3.8, 4) is 11.3 Å². The second kappa shape index (κ2) is 14.4. The minimum Gasteiger partial charge on any atom is -0.509 e. The van der Waals surface area contributed by atoms with Gasteiger partial charge < -0.3 is 28.4 Å². The van der Waals surface area contributed by atoms with Crippen LogP contribution < -0.4 is 0 Å².